The number of allylic oxidation sites excluding steroid dienone is 1. The lowest BCUT2D eigenvalue weighted by atomic mass is 9.54. The number of hydrogen-bond donors (Lipinski definition) is 0. The fraction of sp³-hybridized carbons (Fsp3) is 0.500. The van der Waals surface area contributed by atoms with E-state index >= 15 is 0 Å². The standard InChI is InChI=1S/C24H27NO4/c1-4-15-13-25-10-9-24-19(22(23(27)28-3)18(15)12-21(24)25)8-6-16-5-7-17(11-20(16)24)29-14(2)26/h4-5,7,11,18,21H,6,8-10,12-13H2,1-3H3/b15-4-/t18?,21-,24+/m0/s1. The lowest BCUT2D eigenvalue weighted by Gasteiger charge is -2.53. The lowest BCUT2D eigenvalue weighted by Crippen LogP contribution is -2.55. The second-order valence-electron chi connectivity index (χ2n) is 8.66. The molecule has 29 heavy (non-hydrogen) atoms. The number of piperidine rings is 1. The lowest BCUT2D eigenvalue weighted by molar-refractivity contribution is -0.137. The van der Waals surface area contributed by atoms with Crippen LogP contribution >= 0.6 is 0 Å². The molecule has 0 N–H and O–H groups in total. The number of aryl methyl sites for hydroxylation is 1. The Morgan fingerprint density at radius 3 is 2.83 bits per heavy atom. The van der Waals surface area contributed by atoms with Crippen LogP contribution in [0.4, 0.5) is 0 Å². The van der Waals surface area contributed by atoms with Gasteiger partial charge in [0.25, 0.3) is 0 Å². The summed E-state index contributed by atoms with van der Waals surface area (Å²) in [7, 11) is 1.49. The molecule has 5 rings (SSSR count). The van der Waals surface area contributed by atoms with Crippen molar-refractivity contribution in [2.45, 2.75) is 51.0 Å². The van der Waals surface area contributed by atoms with Crippen LogP contribution < -0.4 is 4.74 Å². The fourth-order valence-corrected chi connectivity index (χ4v) is 6.50. The van der Waals surface area contributed by atoms with Crippen LogP contribution in [0.3, 0.4) is 0 Å². The maximum Gasteiger partial charge on any atom is 0.334 e. The summed E-state index contributed by atoms with van der Waals surface area (Å²) in [5.41, 5.74) is 5.87. The second kappa shape index (κ2) is 6.56. The number of benzene rings is 1. The summed E-state index contributed by atoms with van der Waals surface area (Å²) in [6.45, 7) is 5.44. The van der Waals surface area contributed by atoms with Crippen LogP contribution in [0.15, 0.2) is 41.0 Å². The predicted octanol–water partition coefficient (Wildman–Crippen LogP) is 3.32. The van der Waals surface area contributed by atoms with Gasteiger partial charge in [-0.2, -0.15) is 0 Å². The Labute approximate surface area is 171 Å². The van der Waals surface area contributed by atoms with E-state index in [2.05, 4.69) is 30.0 Å². The largest absolute Gasteiger partial charge is 0.466 e. The average molecular weight is 393 g/mol. The number of ether oxygens (including phenoxy) is 2. The zero-order valence-electron chi connectivity index (χ0n) is 17.3. The third kappa shape index (κ3) is 2.49. The third-order valence-electron chi connectivity index (χ3n) is 7.55. The number of nitrogens with zero attached hydrogens (tertiary/aromatic N) is 1. The Kier molecular flexibility index (Phi) is 4.21. The number of esters is 2. The van der Waals surface area contributed by atoms with Gasteiger partial charge in [0.15, 0.2) is 0 Å². The summed E-state index contributed by atoms with van der Waals surface area (Å²) in [5, 5.41) is 0. The normalized spacial score (nSPS) is 31.3. The monoisotopic (exact) mass is 393 g/mol. The minimum atomic E-state index is -0.309. The van der Waals surface area contributed by atoms with Gasteiger partial charge in [-0.3, -0.25) is 9.69 Å². The van der Waals surface area contributed by atoms with Crippen molar-refractivity contribution in [1.29, 1.82) is 0 Å². The van der Waals surface area contributed by atoms with Crippen molar-refractivity contribution in [3.05, 3.63) is 52.1 Å². The van der Waals surface area contributed by atoms with E-state index in [0.717, 1.165) is 44.3 Å². The van der Waals surface area contributed by atoms with Crippen LogP contribution in [0.2, 0.25) is 0 Å². The summed E-state index contributed by atoms with van der Waals surface area (Å²) in [6.07, 6.45) is 5.92. The first-order valence-electron chi connectivity index (χ1n) is 10.5. The third-order valence-corrected chi connectivity index (χ3v) is 7.55. The van der Waals surface area contributed by atoms with Crippen molar-refractivity contribution in [2.75, 3.05) is 20.2 Å². The highest BCUT2D eigenvalue weighted by Crippen LogP contribution is 2.60. The molecule has 4 aliphatic rings. The molecule has 1 spiro atoms. The molecule has 3 atom stereocenters. The van der Waals surface area contributed by atoms with Gasteiger partial charge in [0.05, 0.1) is 7.11 Å². The van der Waals surface area contributed by atoms with Crippen molar-refractivity contribution in [2.24, 2.45) is 5.92 Å². The van der Waals surface area contributed by atoms with E-state index in [-0.39, 0.29) is 23.3 Å². The Morgan fingerprint density at radius 2 is 2.10 bits per heavy atom. The van der Waals surface area contributed by atoms with E-state index in [1.54, 1.807) is 0 Å². The molecule has 0 aromatic heterocycles. The number of methoxy groups -OCH3 is 1. The summed E-state index contributed by atoms with van der Waals surface area (Å²) in [5.74, 6) is 0.267. The van der Waals surface area contributed by atoms with Gasteiger partial charge < -0.3 is 9.47 Å². The number of hydrogen-bond acceptors (Lipinski definition) is 5. The Balaban J connectivity index is 1.76. The zero-order chi connectivity index (χ0) is 20.3. The molecular weight excluding hydrogens is 366 g/mol. The molecule has 2 aliphatic heterocycles. The molecular formula is C24H27NO4. The van der Waals surface area contributed by atoms with E-state index in [1.165, 1.54) is 36.3 Å². The van der Waals surface area contributed by atoms with Crippen LogP contribution in [0.5, 0.6) is 5.75 Å². The van der Waals surface area contributed by atoms with E-state index in [1.807, 2.05) is 6.07 Å². The van der Waals surface area contributed by atoms with E-state index < -0.39 is 0 Å². The quantitative estimate of drug-likeness (QED) is 0.438. The maximum atomic E-state index is 13.0. The smallest absolute Gasteiger partial charge is 0.334 e. The molecule has 2 fully saturated rings. The first-order chi connectivity index (χ1) is 14.0. The van der Waals surface area contributed by atoms with Crippen LogP contribution in [0.1, 0.15) is 44.2 Å². The first-order valence-corrected chi connectivity index (χ1v) is 10.5. The van der Waals surface area contributed by atoms with Crippen molar-refractivity contribution in [3.8, 4) is 5.75 Å². The topological polar surface area (TPSA) is 55.8 Å². The predicted molar refractivity (Wildman–Crippen MR) is 109 cm³/mol. The van der Waals surface area contributed by atoms with Crippen LogP contribution in [-0.4, -0.2) is 43.1 Å². The average Bonchev–Trinajstić information content (AvgIpc) is 3.11. The second-order valence-corrected chi connectivity index (χ2v) is 8.66. The zero-order valence-corrected chi connectivity index (χ0v) is 17.3. The highest BCUT2D eigenvalue weighted by Gasteiger charge is 2.60. The van der Waals surface area contributed by atoms with E-state index in [9.17, 15) is 9.59 Å². The van der Waals surface area contributed by atoms with Gasteiger partial charge in [0, 0.05) is 43.0 Å². The van der Waals surface area contributed by atoms with Gasteiger partial charge in [-0.15, -0.1) is 0 Å². The molecule has 0 saturated carbocycles. The Morgan fingerprint density at radius 1 is 1.28 bits per heavy atom. The van der Waals surface area contributed by atoms with E-state index in [4.69, 9.17) is 9.47 Å². The van der Waals surface area contributed by atoms with Crippen molar-refractivity contribution in [3.63, 3.8) is 0 Å². The van der Waals surface area contributed by atoms with Crippen LogP contribution in [-0.2, 0) is 26.2 Å². The number of carbonyl (C=O) groups is 2. The summed E-state index contributed by atoms with van der Waals surface area (Å²) in [4.78, 5) is 27.1. The van der Waals surface area contributed by atoms with Gasteiger partial charge in [-0.25, -0.2) is 4.79 Å². The molecule has 2 saturated heterocycles. The van der Waals surface area contributed by atoms with Crippen molar-refractivity contribution < 1.29 is 19.1 Å². The first kappa shape index (κ1) is 18.6. The highest BCUT2D eigenvalue weighted by molar-refractivity contribution is 5.92. The van der Waals surface area contributed by atoms with Gasteiger partial charge in [0.1, 0.15) is 5.75 Å². The van der Waals surface area contributed by atoms with Gasteiger partial charge in [0.2, 0.25) is 0 Å². The number of rotatable bonds is 2. The van der Waals surface area contributed by atoms with Crippen LogP contribution in [0.25, 0.3) is 0 Å². The van der Waals surface area contributed by atoms with Gasteiger partial charge >= 0.3 is 11.9 Å². The molecule has 0 radical (unpaired) electrons. The number of fused-ring (bicyclic) bond motifs is 2. The summed E-state index contributed by atoms with van der Waals surface area (Å²) in [6, 6.07) is 6.43. The SMILES string of the molecule is C/C=C1/CN2CC[C@]34C(=C(C(=O)OC)C1C[C@H]23)CCc1ccc(OC(C)=O)cc14. The Bertz CT molecular complexity index is 975. The van der Waals surface area contributed by atoms with Gasteiger partial charge in [-0.05, 0) is 61.4 Å². The number of carbonyl (C=O) groups excluding carboxylic acids is 2. The molecule has 152 valence electrons. The minimum Gasteiger partial charge on any atom is -0.466 e. The Hall–Kier alpha value is -2.40. The summed E-state index contributed by atoms with van der Waals surface area (Å²) >= 11 is 0. The molecule has 0 amide bonds. The highest BCUT2D eigenvalue weighted by atomic mass is 16.5. The molecule has 2 heterocycles. The van der Waals surface area contributed by atoms with Crippen molar-refractivity contribution in [1.82, 2.24) is 4.90 Å². The molecule has 1 aromatic rings. The summed E-state index contributed by atoms with van der Waals surface area (Å²) < 4.78 is 10.7. The van der Waals surface area contributed by atoms with Crippen LogP contribution in [0, 0.1) is 5.92 Å². The maximum absolute atomic E-state index is 13.0. The van der Waals surface area contributed by atoms with Gasteiger partial charge in [-0.1, -0.05) is 17.7 Å². The fourth-order valence-electron chi connectivity index (χ4n) is 6.50. The molecule has 5 nitrogen and oxygen atoms in total. The molecule has 2 bridgehead atoms. The minimum absolute atomic E-state index is 0.160. The molecule has 1 aromatic carbocycles. The van der Waals surface area contributed by atoms with E-state index in [0.29, 0.717) is 11.8 Å². The van der Waals surface area contributed by atoms with Crippen molar-refractivity contribution >= 4 is 11.9 Å². The molecule has 5 heteroatoms. The molecule has 1 unspecified atom stereocenters. The molecule has 2 aliphatic carbocycles.